The average molecular weight is 442 g/mol. The van der Waals surface area contributed by atoms with Gasteiger partial charge < -0.3 is 10.3 Å². The molecule has 2 N–H and O–H groups in total. The standard InChI is InChI=1S/C14H9BrIN3O/c15-12-5-4-9(16)7-11(12)14-18-13(19-20-14)8-2-1-3-10(17)6-8/h1-7H,17H2. The molecule has 0 amide bonds. The molecule has 0 fully saturated rings. The molecule has 0 unspecified atom stereocenters. The molecule has 0 saturated carbocycles. The highest BCUT2D eigenvalue weighted by Gasteiger charge is 2.13. The van der Waals surface area contributed by atoms with Crippen LogP contribution in [-0.4, -0.2) is 10.1 Å². The maximum absolute atomic E-state index is 5.76. The summed E-state index contributed by atoms with van der Waals surface area (Å²) in [5.41, 5.74) is 8.14. The normalized spacial score (nSPS) is 10.7. The fraction of sp³-hybridized carbons (Fsp3) is 0. The molecule has 100 valence electrons. The first-order chi connectivity index (χ1) is 9.63. The molecule has 0 bridgehead atoms. The minimum Gasteiger partial charge on any atom is -0.399 e. The molecule has 3 rings (SSSR count). The number of rotatable bonds is 2. The number of nitrogen functional groups attached to an aromatic ring is 1. The van der Waals surface area contributed by atoms with Crippen LogP contribution in [0.1, 0.15) is 0 Å². The molecule has 0 spiro atoms. The van der Waals surface area contributed by atoms with E-state index in [1.54, 1.807) is 0 Å². The van der Waals surface area contributed by atoms with E-state index in [-0.39, 0.29) is 0 Å². The number of halogens is 2. The van der Waals surface area contributed by atoms with Gasteiger partial charge in [0.25, 0.3) is 5.89 Å². The summed E-state index contributed by atoms with van der Waals surface area (Å²) in [6.07, 6.45) is 0. The van der Waals surface area contributed by atoms with Gasteiger partial charge in [-0.05, 0) is 68.9 Å². The van der Waals surface area contributed by atoms with Gasteiger partial charge in [0, 0.05) is 19.3 Å². The van der Waals surface area contributed by atoms with Crippen LogP contribution in [0.5, 0.6) is 0 Å². The van der Waals surface area contributed by atoms with Crippen LogP contribution < -0.4 is 5.73 Å². The topological polar surface area (TPSA) is 64.9 Å². The lowest BCUT2D eigenvalue weighted by molar-refractivity contribution is 0.432. The van der Waals surface area contributed by atoms with Gasteiger partial charge in [0.2, 0.25) is 5.82 Å². The summed E-state index contributed by atoms with van der Waals surface area (Å²) in [5.74, 6) is 1.01. The van der Waals surface area contributed by atoms with Crippen molar-refractivity contribution in [2.75, 3.05) is 5.73 Å². The monoisotopic (exact) mass is 441 g/mol. The molecule has 6 heteroatoms. The van der Waals surface area contributed by atoms with Crippen LogP contribution >= 0.6 is 38.5 Å². The van der Waals surface area contributed by atoms with Gasteiger partial charge in [0.1, 0.15) is 0 Å². The van der Waals surface area contributed by atoms with E-state index in [2.05, 4.69) is 48.7 Å². The van der Waals surface area contributed by atoms with Gasteiger partial charge >= 0.3 is 0 Å². The van der Waals surface area contributed by atoms with Gasteiger partial charge in [0.15, 0.2) is 0 Å². The molecule has 0 aliphatic rings. The first-order valence-electron chi connectivity index (χ1n) is 5.78. The highest BCUT2D eigenvalue weighted by atomic mass is 127. The highest BCUT2D eigenvalue weighted by molar-refractivity contribution is 14.1. The molecule has 0 radical (unpaired) electrons. The molecule has 0 aliphatic carbocycles. The largest absolute Gasteiger partial charge is 0.399 e. The second-order valence-corrected chi connectivity index (χ2v) is 6.27. The molecular formula is C14H9BrIN3O. The van der Waals surface area contributed by atoms with Crippen LogP contribution in [0.15, 0.2) is 51.5 Å². The first kappa shape index (κ1) is 13.6. The molecule has 2 aromatic carbocycles. The smallest absolute Gasteiger partial charge is 0.259 e. The molecule has 0 aliphatic heterocycles. The second kappa shape index (κ2) is 5.53. The summed E-state index contributed by atoms with van der Waals surface area (Å²) in [6.45, 7) is 0. The third-order valence-corrected chi connectivity index (χ3v) is 4.09. The van der Waals surface area contributed by atoms with E-state index in [1.165, 1.54) is 0 Å². The van der Waals surface area contributed by atoms with E-state index >= 15 is 0 Å². The molecular weight excluding hydrogens is 433 g/mol. The minimum atomic E-state index is 0.479. The number of hydrogen-bond donors (Lipinski definition) is 1. The van der Waals surface area contributed by atoms with E-state index in [0.29, 0.717) is 17.4 Å². The van der Waals surface area contributed by atoms with Gasteiger partial charge in [-0.15, -0.1) is 0 Å². The summed E-state index contributed by atoms with van der Waals surface area (Å²) in [6, 6.07) is 13.3. The van der Waals surface area contributed by atoms with Gasteiger partial charge in [0.05, 0.1) is 5.56 Å². The Hall–Kier alpha value is -1.41. The predicted octanol–water partition coefficient (Wildman–Crippen LogP) is 4.35. The number of benzene rings is 2. The third kappa shape index (κ3) is 2.71. The number of aromatic nitrogens is 2. The summed E-state index contributed by atoms with van der Waals surface area (Å²) in [4.78, 5) is 4.43. The van der Waals surface area contributed by atoms with Crippen molar-refractivity contribution in [3.63, 3.8) is 0 Å². The van der Waals surface area contributed by atoms with Crippen molar-refractivity contribution < 1.29 is 4.52 Å². The van der Waals surface area contributed by atoms with Crippen LogP contribution in [0.2, 0.25) is 0 Å². The van der Waals surface area contributed by atoms with Crippen molar-refractivity contribution >= 4 is 44.2 Å². The zero-order chi connectivity index (χ0) is 14.1. The van der Waals surface area contributed by atoms with Crippen LogP contribution in [0.3, 0.4) is 0 Å². The lowest BCUT2D eigenvalue weighted by atomic mass is 10.2. The molecule has 4 nitrogen and oxygen atoms in total. The summed E-state index contributed by atoms with van der Waals surface area (Å²) in [7, 11) is 0. The quantitative estimate of drug-likeness (QED) is 0.474. The van der Waals surface area contributed by atoms with Crippen LogP contribution in [-0.2, 0) is 0 Å². The summed E-state index contributed by atoms with van der Waals surface area (Å²) in [5, 5.41) is 4.01. The minimum absolute atomic E-state index is 0.479. The Morgan fingerprint density at radius 1 is 1.15 bits per heavy atom. The van der Waals surface area contributed by atoms with Crippen molar-refractivity contribution in [1.29, 1.82) is 0 Å². The van der Waals surface area contributed by atoms with Crippen molar-refractivity contribution in [3.05, 3.63) is 50.5 Å². The van der Waals surface area contributed by atoms with E-state index in [9.17, 15) is 0 Å². The fourth-order valence-corrected chi connectivity index (χ4v) is 2.70. The van der Waals surface area contributed by atoms with Crippen molar-refractivity contribution in [2.24, 2.45) is 0 Å². The van der Waals surface area contributed by atoms with Crippen LogP contribution in [0, 0.1) is 3.57 Å². The fourth-order valence-electron chi connectivity index (χ4n) is 1.79. The SMILES string of the molecule is Nc1cccc(-c2noc(-c3cc(I)ccc3Br)n2)c1. The molecule has 0 atom stereocenters. The molecule has 1 aromatic heterocycles. The van der Waals surface area contributed by atoms with E-state index in [0.717, 1.165) is 19.2 Å². The lowest BCUT2D eigenvalue weighted by Gasteiger charge is -1.99. The van der Waals surface area contributed by atoms with Crippen molar-refractivity contribution in [3.8, 4) is 22.8 Å². The molecule has 3 aromatic rings. The predicted molar refractivity (Wildman–Crippen MR) is 90.0 cm³/mol. The molecule has 20 heavy (non-hydrogen) atoms. The highest BCUT2D eigenvalue weighted by Crippen LogP contribution is 2.30. The van der Waals surface area contributed by atoms with E-state index in [4.69, 9.17) is 10.3 Å². The Bertz CT molecular complexity index is 773. The zero-order valence-electron chi connectivity index (χ0n) is 10.2. The van der Waals surface area contributed by atoms with Gasteiger partial charge in [-0.3, -0.25) is 0 Å². The lowest BCUT2D eigenvalue weighted by Crippen LogP contribution is -1.86. The third-order valence-electron chi connectivity index (χ3n) is 2.73. The number of nitrogens with zero attached hydrogens (tertiary/aromatic N) is 2. The van der Waals surface area contributed by atoms with Gasteiger partial charge in [-0.2, -0.15) is 4.98 Å². The van der Waals surface area contributed by atoms with Gasteiger partial charge in [-0.25, -0.2) is 0 Å². The van der Waals surface area contributed by atoms with E-state index in [1.807, 2.05) is 42.5 Å². The molecule has 1 heterocycles. The maximum Gasteiger partial charge on any atom is 0.259 e. The molecule has 0 saturated heterocycles. The zero-order valence-corrected chi connectivity index (χ0v) is 13.9. The van der Waals surface area contributed by atoms with Crippen LogP contribution in [0.25, 0.3) is 22.8 Å². The number of hydrogen-bond acceptors (Lipinski definition) is 4. The Morgan fingerprint density at radius 2 is 2.00 bits per heavy atom. The van der Waals surface area contributed by atoms with Crippen molar-refractivity contribution in [1.82, 2.24) is 10.1 Å². The Balaban J connectivity index is 2.04. The van der Waals surface area contributed by atoms with E-state index < -0.39 is 0 Å². The average Bonchev–Trinajstić information content (AvgIpc) is 2.91. The maximum atomic E-state index is 5.76. The number of nitrogens with two attached hydrogens (primary N) is 1. The summed E-state index contributed by atoms with van der Waals surface area (Å²) < 4.78 is 7.36. The second-order valence-electron chi connectivity index (χ2n) is 4.17. The Kier molecular flexibility index (Phi) is 3.75. The first-order valence-corrected chi connectivity index (χ1v) is 7.66. The van der Waals surface area contributed by atoms with Crippen molar-refractivity contribution in [2.45, 2.75) is 0 Å². The summed E-state index contributed by atoms with van der Waals surface area (Å²) >= 11 is 5.74. The van der Waals surface area contributed by atoms with Gasteiger partial charge in [-0.1, -0.05) is 17.3 Å². The Labute approximate surface area is 137 Å². The number of anilines is 1. The Morgan fingerprint density at radius 3 is 2.80 bits per heavy atom. The van der Waals surface area contributed by atoms with Crippen LogP contribution in [0.4, 0.5) is 5.69 Å².